The predicted molar refractivity (Wildman–Crippen MR) is 121 cm³/mol. The molecule has 0 aromatic heterocycles. The topological polar surface area (TPSA) is 95.6 Å². The van der Waals surface area contributed by atoms with Crippen LogP contribution in [0, 0.1) is 11.8 Å². The third-order valence-corrected chi connectivity index (χ3v) is 8.15. The maximum Gasteiger partial charge on any atom is 0.251 e. The number of carbonyl (C=O) groups excluding carboxylic acids is 2. The summed E-state index contributed by atoms with van der Waals surface area (Å²) in [5, 5.41) is 5.76. The zero-order chi connectivity index (χ0) is 22.7. The molecule has 7 nitrogen and oxygen atoms in total. The van der Waals surface area contributed by atoms with Crippen LogP contribution in [0.3, 0.4) is 0 Å². The van der Waals surface area contributed by atoms with Gasteiger partial charge in [-0.25, -0.2) is 8.42 Å². The fourth-order valence-electron chi connectivity index (χ4n) is 4.64. The molecule has 168 valence electrons. The number of sulfonamides is 1. The summed E-state index contributed by atoms with van der Waals surface area (Å²) in [7, 11) is -3.63. The molecule has 2 fully saturated rings. The molecule has 2 atom stereocenters. The highest BCUT2D eigenvalue weighted by Crippen LogP contribution is 2.40. The Balaban J connectivity index is 1.35. The number of nitrogens with one attached hydrogen (secondary N) is 2. The van der Waals surface area contributed by atoms with Crippen molar-refractivity contribution in [3.8, 4) is 0 Å². The highest BCUT2D eigenvalue weighted by Gasteiger charge is 2.45. The van der Waals surface area contributed by atoms with Crippen LogP contribution in [0.1, 0.15) is 28.8 Å². The Hall–Kier alpha value is -2.97. The van der Waals surface area contributed by atoms with Gasteiger partial charge in [0, 0.05) is 31.2 Å². The lowest BCUT2D eigenvalue weighted by atomic mass is 10.0. The van der Waals surface area contributed by atoms with Crippen LogP contribution in [0.15, 0.2) is 72.1 Å². The second kappa shape index (κ2) is 9.26. The molecule has 2 amide bonds. The van der Waals surface area contributed by atoms with Crippen LogP contribution >= 0.6 is 0 Å². The third kappa shape index (κ3) is 4.76. The average molecular weight is 454 g/mol. The number of amides is 2. The molecule has 1 saturated carbocycles. The first kappa shape index (κ1) is 22.2. The van der Waals surface area contributed by atoms with E-state index in [-0.39, 0.29) is 34.6 Å². The Labute approximate surface area is 188 Å². The number of carbonyl (C=O) groups is 2. The van der Waals surface area contributed by atoms with E-state index in [0.717, 1.165) is 18.4 Å². The van der Waals surface area contributed by atoms with Gasteiger partial charge in [0.25, 0.3) is 5.91 Å². The van der Waals surface area contributed by atoms with Gasteiger partial charge in [-0.2, -0.15) is 4.31 Å². The molecule has 1 heterocycles. The van der Waals surface area contributed by atoms with Crippen LogP contribution in [0.2, 0.25) is 0 Å². The number of fused-ring (bicyclic) bond motifs is 1. The van der Waals surface area contributed by atoms with Crippen molar-refractivity contribution in [2.45, 2.75) is 30.3 Å². The largest absolute Gasteiger partial charge is 0.350 e. The molecule has 32 heavy (non-hydrogen) atoms. The summed E-state index contributed by atoms with van der Waals surface area (Å²) < 4.78 is 27.7. The van der Waals surface area contributed by atoms with Crippen LogP contribution < -0.4 is 10.6 Å². The van der Waals surface area contributed by atoms with Gasteiger partial charge < -0.3 is 10.6 Å². The predicted octanol–water partition coefficient (Wildman–Crippen LogP) is 2.32. The molecule has 2 unspecified atom stereocenters. The van der Waals surface area contributed by atoms with E-state index in [1.165, 1.54) is 22.5 Å². The SMILES string of the molecule is C=CC(=O)NC1CC2CN(S(=O)(=O)c3ccc(C(=O)NCc4ccccc4)cc3)CC2C1. The van der Waals surface area contributed by atoms with Gasteiger partial charge in [0.2, 0.25) is 15.9 Å². The molecule has 1 aliphatic heterocycles. The second-order valence-electron chi connectivity index (χ2n) is 8.42. The Kier molecular flexibility index (Phi) is 6.43. The molecule has 0 bridgehead atoms. The van der Waals surface area contributed by atoms with Crippen molar-refractivity contribution in [3.63, 3.8) is 0 Å². The molecule has 2 N–H and O–H groups in total. The highest BCUT2D eigenvalue weighted by molar-refractivity contribution is 7.89. The minimum Gasteiger partial charge on any atom is -0.350 e. The molecule has 1 aliphatic carbocycles. The molecular weight excluding hydrogens is 426 g/mol. The number of rotatable bonds is 7. The fraction of sp³-hybridized carbons (Fsp3) is 0.333. The number of hydrogen-bond donors (Lipinski definition) is 2. The molecule has 1 saturated heterocycles. The smallest absolute Gasteiger partial charge is 0.251 e. The van der Waals surface area contributed by atoms with Crippen molar-refractivity contribution in [2.75, 3.05) is 13.1 Å². The molecule has 0 radical (unpaired) electrons. The maximum atomic E-state index is 13.1. The molecule has 8 heteroatoms. The van der Waals surface area contributed by atoms with Gasteiger partial charge in [-0.05, 0) is 60.6 Å². The van der Waals surface area contributed by atoms with Gasteiger partial charge in [-0.3, -0.25) is 9.59 Å². The second-order valence-corrected chi connectivity index (χ2v) is 10.4. The fourth-order valence-corrected chi connectivity index (χ4v) is 6.19. The summed E-state index contributed by atoms with van der Waals surface area (Å²) in [5.74, 6) is 0.0410. The van der Waals surface area contributed by atoms with Gasteiger partial charge in [-0.15, -0.1) is 0 Å². The first-order chi connectivity index (χ1) is 15.4. The van der Waals surface area contributed by atoms with E-state index in [2.05, 4.69) is 17.2 Å². The maximum absolute atomic E-state index is 13.1. The van der Waals surface area contributed by atoms with Gasteiger partial charge in [0.15, 0.2) is 0 Å². The zero-order valence-electron chi connectivity index (χ0n) is 17.7. The zero-order valence-corrected chi connectivity index (χ0v) is 18.6. The third-order valence-electron chi connectivity index (χ3n) is 6.30. The lowest BCUT2D eigenvalue weighted by Gasteiger charge is -2.19. The first-order valence-corrected chi connectivity index (χ1v) is 12.2. The summed E-state index contributed by atoms with van der Waals surface area (Å²) in [6, 6.07) is 15.7. The molecular formula is C24H27N3O4S. The van der Waals surface area contributed by atoms with E-state index in [1.54, 1.807) is 12.1 Å². The number of nitrogens with zero attached hydrogens (tertiary/aromatic N) is 1. The Bertz CT molecular complexity index is 1090. The van der Waals surface area contributed by atoms with E-state index >= 15 is 0 Å². The Morgan fingerprint density at radius 1 is 1.00 bits per heavy atom. The van der Waals surface area contributed by atoms with E-state index in [0.29, 0.717) is 25.2 Å². The van der Waals surface area contributed by atoms with Gasteiger partial charge >= 0.3 is 0 Å². The average Bonchev–Trinajstić information content (AvgIpc) is 3.37. The van der Waals surface area contributed by atoms with E-state index < -0.39 is 10.0 Å². The van der Waals surface area contributed by atoms with Crippen molar-refractivity contribution >= 4 is 21.8 Å². The highest BCUT2D eigenvalue weighted by atomic mass is 32.2. The number of benzene rings is 2. The number of hydrogen-bond acceptors (Lipinski definition) is 4. The van der Waals surface area contributed by atoms with Crippen molar-refractivity contribution in [3.05, 3.63) is 78.4 Å². The molecule has 4 rings (SSSR count). The molecule has 0 spiro atoms. The van der Waals surface area contributed by atoms with Crippen molar-refractivity contribution in [1.29, 1.82) is 0 Å². The van der Waals surface area contributed by atoms with Gasteiger partial charge in [0.1, 0.15) is 0 Å². The van der Waals surface area contributed by atoms with Crippen LogP contribution in [-0.4, -0.2) is 43.7 Å². The minimum atomic E-state index is -3.63. The molecule has 2 aromatic carbocycles. The summed E-state index contributed by atoms with van der Waals surface area (Å²) >= 11 is 0. The van der Waals surface area contributed by atoms with Crippen LogP contribution in [0.5, 0.6) is 0 Å². The lowest BCUT2D eigenvalue weighted by Crippen LogP contribution is -2.35. The van der Waals surface area contributed by atoms with Crippen molar-refractivity contribution in [2.24, 2.45) is 11.8 Å². The van der Waals surface area contributed by atoms with Gasteiger partial charge in [-0.1, -0.05) is 36.9 Å². The summed E-state index contributed by atoms with van der Waals surface area (Å²) in [6.45, 7) is 4.78. The summed E-state index contributed by atoms with van der Waals surface area (Å²) in [4.78, 5) is 24.1. The minimum absolute atomic E-state index is 0.0778. The normalized spacial score (nSPS) is 22.8. The Morgan fingerprint density at radius 3 is 2.22 bits per heavy atom. The van der Waals surface area contributed by atoms with E-state index in [4.69, 9.17) is 0 Å². The van der Waals surface area contributed by atoms with Crippen molar-refractivity contribution in [1.82, 2.24) is 14.9 Å². The van der Waals surface area contributed by atoms with E-state index in [1.807, 2.05) is 30.3 Å². The standard InChI is InChI=1S/C24H27N3O4S/c1-2-23(28)26-21-12-19-15-27(16-20(19)13-21)32(30,31)22-10-8-18(9-11-22)24(29)25-14-17-6-4-3-5-7-17/h2-11,19-21H,1,12-16H2,(H,25,29)(H,26,28). The van der Waals surface area contributed by atoms with E-state index in [9.17, 15) is 18.0 Å². The Morgan fingerprint density at radius 2 is 1.62 bits per heavy atom. The van der Waals surface area contributed by atoms with Crippen LogP contribution in [0.25, 0.3) is 0 Å². The monoisotopic (exact) mass is 453 g/mol. The summed E-state index contributed by atoms with van der Waals surface area (Å²) in [6.07, 6.45) is 2.81. The summed E-state index contributed by atoms with van der Waals surface area (Å²) in [5.41, 5.74) is 1.41. The van der Waals surface area contributed by atoms with Crippen molar-refractivity contribution < 1.29 is 18.0 Å². The first-order valence-electron chi connectivity index (χ1n) is 10.7. The molecule has 2 aromatic rings. The van der Waals surface area contributed by atoms with Crippen LogP contribution in [0.4, 0.5) is 0 Å². The van der Waals surface area contributed by atoms with Gasteiger partial charge in [0.05, 0.1) is 4.90 Å². The lowest BCUT2D eigenvalue weighted by molar-refractivity contribution is -0.117. The van der Waals surface area contributed by atoms with Crippen LogP contribution in [-0.2, 0) is 21.4 Å². The molecule has 2 aliphatic rings. The quantitative estimate of drug-likeness (QED) is 0.629.